The van der Waals surface area contributed by atoms with Crippen LogP contribution in [0.3, 0.4) is 0 Å². The monoisotopic (exact) mass is 286 g/mol. The summed E-state index contributed by atoms with van der Waals surface area (Å²) in [6.07, 6.45) is 0.631. The van der Waals surface area contributed by atoms with Gasteiger partial charge in [0.15, 0.2) is 6.29 Å². The number of esters is 1. The van der Waals surface area contributed by atoms with Gasteiger partial charge in [-0.2, -0.15) is 0 Å². The third kappa shape index (κ3) is 2.61. The van der Waals surface area contributed by atoms with Gasteiger partial charge in [0.25, 0.3) is 0 Å². The lowest BCUT2D eigenvalue weighted by atomic mass is 10.1. The minimum absolute atomic E-state index is 0.233. The Balaban J connectivity index is 3.30. The van der Waals surface area contributed by atoms with Gasteiger partial charge in [-0.3, -0.25) is 4.79 Å². The minimum Gasteiger partial charge on any atom is -0.495 e. The van der Waals surface area contributed by atoms with Crippen molar-refractivity contribution >= 4 is 28.2 Å². The number of ether oxygens (including phenoxy) is 2. The van der Waals surface area contributed by atoms with Crippen molar-refractivity contribution in [3.05, 3.63) is 27.7 Å². The molecule has 5 heteroatoms. The van der Waals surface area contributed by atoms with Gasteiger partial charge in [-0.1, -0.05) is 15.9 Å². The molecule has 0 atom stereocenters. The second-order valence-electron chi connectivity index (χ2n) is 2.91. The topological polar surface area (TPSA) is 52.6 Å². The van der Waals surface area contributed by atoms with Crippen LogP contribution in [0, 0.1) is 0 Å². The summed E-state index contributed by atoms with van der Waals surface area (Å²) in [5.41, 5.74) is 0.542. The SMILES string of the molecule is CCOC(=O)c1cc(Br)cc(C=O)c1OC. The fourth-order valence-corrected chi connectivity index (χ4v) is 1.77. The van der Waals surface area contributed by atoms with Crippen LogP contribution in [0.1, 0.15) is 27.6 Å². The Morgan fingerprint density at radius 2 is 2.19 bits per heavy atom. The summed E-state index contributed by atoms with van der Waals surface area (Å²) in [6.45, 7) is 1.98. The summed E-state index contributed by atoms with van der Waals surface area (Å²) in [7, 11) is 1.40. The van der Waals surface area contributed by atoms with Crippen molar-refractivity contribution in [3.8, 4) is 5.75 Å². The largest absolute Gasteiger partial charge is 0.495 e. The summed E-state index contributed by atoms with van der Waals surface area (Å²) < 4.78 is 10.5. The molecule has 0 heterocycles. The number of aldehydes is 1. The summed E-state index contributed by atoms with van der Waals surface area (Å²) in [5.74, 6) is -0.277. The molecule has 0 spiro atoms. The lowest BCUT2D eigenvalue weighted by molar-refractivity contribution is 0.0522. The van der Waals surface area contributed by atoms with Crippen LogP contribution in [0.2, 0.25) is 0 Å². The quantitative estimate of drug-likeness (QED) is 0.630. The van der Waals surface area contributed by atoms with Crippen molar-refractivity contribution in [1.29, 1.82) is 0 Å². The molecule has 0 radical (unpaired) electrons. The van der Waals surface area contributed by atoms with Crippen molar-refractivity contribution < 1.29 is 19.1 Å². The summed E-state index contributed by atoms with van der Waals surface area (Å²) in [4.78, 5) is 22.4. The smallest absolute Gasteiger partial charge is 0.341 e. The molecule has 0 amide bonds. The molecule has 0 aliphatic heterocycles. The minimum atomic E-state index is -0.510. The molecule has 16 heavy (non-hydrogen) atoms. The van der Waals surface area contributed by atoms with E-state index in [1.54, 1.807) is 19.1 Å². The van der Waals surface area contributed by atoms with Gasteiger partial charge in [0.05, 0.1) is 19.3 Å². The first kappa shape index (κ1) is 12.7. The Morgan fingerprint density at radius 3 is 2.69 bits per heavy atom. The first-order valence-corrected chi connectivity index (χ1v) is 5.43. The normalized spacial score (nSPS) is 9.69. The Kier molecular flexibility index (Phi) is 4.49. The average molecular weight is 287 g/mol. The summed E-state index contributed by atoms with van der Waals surface area (Å²) in [5, 5.41) is 0. The van der Waals surface area contributed by atoms with Gasteiger partial charge in [0.2, 0.25) is 0 Å². The van der Waals surface area contributed by atoms with E-state index in [9.17, 15) is 9.59 Å². The Hall–Kier alpha value is -1.36. The number of carbonyl (C=O) groups excluding carboxylic acids is 2. The number of carbonyl (C=O) groups is 2. The zero-order chi connectivity index (χ0) is 12.1. The fourth-order valence-electron chi connectivity index (χ4n) is 1.29. The maximum Gasteiger partial charge on any atom is 0.341 e. The third-order valence-electron chi connectivity index (χ3n) is 1.91. The molecule has 86 valence electrons. The van der Waals surface area contributed by atoms with Gasteiger partial charge in [0, 0.05) is 4.47 Å². The van der Waals surface area contributed by atoms with Crippen LogP contribution in [0.4, 0.5) is 0 Å². The number of benzene rings is 1. The van der Waals surface area contributed by atoms with E-state index in [0.29, 0.717) is 16.3 Å². The van der Waals surface area contributed by atoms with Gasteiger partial charge in [-0.15, -0.1) is 0 Å². The van der Waals surface area contributed by atoms with Crippen molar-refractivity contribution in [1.82, 2.24) is 0 Å². The second kappa shape index (κ2) is 5.65. The number of rotatable bonds is 4. The second-order valence-corrected chi connectivity index (χ2v) is 3.83. The fraction of sp³-hybridized carbons (Fsp3) is 0.273. The standard InChI is InChI=1S/C11H11BrO4/c1-3-16-11(14)9-5-8(12)4-7(6-13)10(9)15-2/h4-6H,3H2,1-2H3. The number of halogens is 1. The molecule has 0 aliphatic carbocycles. The molecule has 0 fully saturated rings. The van der Waals surface area contributed by atoms with E-state index in [4.69, 9.17) is 9.47 Å². The van der Waals surface area contributed by atoms with Crippen LogP contribution in [0.5, 0.6) is 5.75 Å². The van der Waals surface area contributed by atoms with Crippen LogP contribution >= 0.6 is 15.9 Å². The number of hydrogen-bond donors (Lipinski definition) is 0. The van der Waals surface area contributed by atoms with Gasteiger partial charge in [0.1, 0.15) is 11.3 Å². The van der Waals surface area contributed by atoms with Crippen molar-refractivity contribution in [2.24, 2.45) is 0 Å². The molecule has 4 nitrogen and oxygen atoms in total. The Bertz CT molecular complexity index is 415. The Labute approximate surface area is 102 Å². The zero-order valence-electron chi connectivity index (χ0n) is 8.95. The maximum absolute atomic E-state index is 11.6. The highest BCUT2D eigenvalue weighted by Gasteiger charge is 2.17. The van der Waals surface area contributed by atoms with Crippen LogP contribution < -0.4 is 4.74 Å². The van der Waals surface area contributed by atoms with E-state index in [1.807, 2.05) is 0 Å². The van der Waals surface area contributed by atoms with E-state index < -0.39 is 5.97 Å². The first-order chi connectivity index (χ1) is 7.63. The summed E-state index contributed by atoms with van der Waals surface area (Å²) in [6, 6.07) is 3.14. The number of hydrogen-bond acceptors (Lipinski definition) is 4. The van der Waals surface area contributed by atoms with E-state index in [-0.39, 0.29) is 17.9 Å². The lowest BCUT2D eigenvalue weighted by Crippen LogP contribution is -2.08. The van der Waals surface area contributed by atoms with E-state index in [1.165, 1.54) is 7.11 Å². The van der Waals surface area contributed by atoms with Crippen LogP contribution in [-0.4, -0.2) is 26.0 Å². The third-order valence-corrected chi connectivity index (χ3v) is 2.37. The Morgan fingerprint density at radius 1 is 1.50 bits per heavy atom. The van der Waals surface area contributed by atoms with Crippen LogP contribution in [0.15, 0.2) is 16.6 Å². The van der Waals surface area contributed by atoms with Gasteiger partial charge in [-0.25, -0.2) is 4.79 Å². The average Bonchev–Trinajstić information content (AvgIpc) is 2.28. The molecule has 0 N–H and O–H groups in total. The molecule has 1 aromatic carbocycles. The molecule has 0 bridgehead atoms. The summed E-state index contributed by atoms with van der Waals surface area (Å²) >= 11 is 3.21. The maximum atomic E-state index is 11.6. The van der Waals surface area contributed by atoms with Crippen LogP contribution in [0.25, 0.3) is 0 Å². The highest BCUT2D eigenvalue weighted by atomic mass is 79.9. The molecule has 1 aromatic rings. The molecule has 0 aromatic heterocycles. The van der Waals surface area contributed by atoms with Gasteiger partial charge < -0.3 is 9.47 Å². The van der Waals surface area contributed by atoms with Crippen molar-refractivity contribution in [2.45, 2.75) is 6.92 Å². The highest BCUT2D eigenvalue weighted by Crippen LogP contribution is 2.27. The highest BCUT2D eigenvalue weighted by molar-refractivity contribution is 9.10. The molecule has 0 aliphatic rings. The lowest BCUT2D eigenvalue weighted by Gasteiger charge is -2.10. The van der Waals surface area contributed by atoms with Crippen molar-refractivity contribution in [3.63, 3.8) is 0 Å². The molecule has 0 unspecified atom stereocenters. The van der Waals surface area contributed by atoms with E-state index >= 15 is 0 Å². The molecular formula is C11H11BrO4. The van der Waals surface area contributed by atoms with Gasteiger partial charge in [-0.05, 0) is 19.1 Å². The predicted octanol–water partition coefficient (Wildman–Crippen LogP) is 2.45. The predicted molar refractivity (Wildman–Crippen MR) is 62.0 cm³/mol. The molecular weight excluding hydrogens is 276 g/mol. The molecule has 0 saturated carbocycles. The van der Waals surface area contributed by atoms with Crippen molar-refractivity contribution in [2.75, 3.05) is 13.7 Å². The van der Waals surface area contributed by atoms with E-state index in [2.05, 4.69) is 15.9 Å². The van der Waals surface area contributed by atoms with Crippen LogP contribution in [-0.2, 0) is 4.74 Å². The van der Waals surface area contributed by atoms with E-state index in [0.717, 1.165) is 0 Å². The molecule has 0 saturated heterocycles. The zero-order valence-corrected chi connectivity index (χ0v) is 10.5. The van der Waals surface area contributed by atoms with Gasteiger partial charge >= 0.3 is 5.97 Å². The number of methoxy groups -OCH3 is 1. The molecule has 1 rings (SSSR count). The first-order valence-electron chi connectivity index (χ1n) is 4.63.